The van der Waals surface area contributed by atoms with E-state index in [0.29, 0.717) is 0 Å². The zero-order chi connectivity index (χ0) is 14.8. The zero-order valence-corrected chi connectivity index (χ0v) is 13.2. The first-order valence-corrected chi connectivity index (χ1v) is 7.58. The van der Waals surface area contributed by atoms with Crippen LogP contribution in [0, 0.1) is 0 Å². The van der Waals surface area contributed by atoms with Crippen LogP contribution in [0.15, 0.2) is 63.0 Å². The molecule has 1 N–H and O–H groups in total. The number of halogens is 1. The number of nitrogens with zero attached hydrogens (tertiary/aromatic N) is 2. The second-order valence-electron chi connectivity index (χ2n) is 5.06. The van der Waals surface area contributed by atoms with E-state index in [1.54, 1.807) is 12.1 Å². The lowest BCUT2D eigenvalue weighted by Crippen LogP contribution is -2.15. The monoisotopic (exact) mass is 342 g/mol. The van der Waals surface area contributed by atoms with Gasteiger partial charge in [-0.05, 0) is 42.3 Å². The van der Waals surface area contributed by atoms with Crippen LogP contribution in [-0.2, 0) is 0 Å². The van der Waals surface area contributed by atoms with Crippen LogP contribution in [0.1, 0.15) is 30.5 Å². The Balaban J connectivity index is 1.94. The van der Waals surface area contributed by atoms with Crippen molar-refractivity contribution in [1.29, 1.82) is 0 Å². The van der Waals surface area contributed by atoms with Crippen LogP contribution in [0.3, 0.4) is 0 Å². The maximum Gasteiger partial charge on any atom is 0.121 e. The molecule has 106 valence electrons. The molecule has 4 heteroatoms. The van der Waals surface area contributed by atoms with Gasteiger partial charge in [0.2, 0.25) is 0 Å². The van der Waals surface area contributed by atoms with Crippen molar-refractivity contribution in [3.8, 4) is 5.75 Å². The van der Waals surface area contributed by atoms with Gasteiger partial charge in [-0.1, -0.05) is 40.2 Å². The Bertz CT molecular complexity index is 737. The molecule has 0 fully saturated rings. The van der Waals surface area contributed by atoms with Crippen LogP contribution in [0.25, 0.3) is 0 Å². The third-order valence-corrected chi connectivity index (χ3v) is 3.93. The summed E-state index contributed by atoms with van der Waals surface area (Å²) < 4.78 is 1.05. The van der Waals surface area contributed by atoms with E-state index in [0.717, 1.165) is 33.6 Å². The lowest BCUT2D eigenvalue weighted by atomic mass is 9.96. The van der Waals surface area contributed by atoms with Crippen molar-refractivity contribution >= 4 is 27.5 Å². The van der Waals surface area contributed by atoms with E-state index >= 15 is 0 Å². The molecule has 0 spiro atoms. The summed E-state index contributed by atoms with van der Waals surface area (Å²) in [6.45, 7) is 1.91. The fourth-order valence-corrected chi connectivity index (χ4v) is 2.92. The van der Waals surface area contributed by atoms with Gasteiger partial charge in [-0.25, -0.2) is 4.99 Å². The van der Waals surface area contributed by atoms with E-state index in [1.165, 1.54) is 0 Å². The molecule has 2 aromatic rings. The third kappa shape index (κ3) is 3.22. The van der Waals surface area contributed by atoms with Crippen LogP contribution in [0.2, 0.25) is 0 Å². The summed E-state index contributed by atoms with van der Waals surface area (Å²) in [5.74, 6) is 1.03. The maximum absolute atomic E-state index is 9.64. The highest BCUT2D eigenvalue weighted by Crippen LogP contribution is 2.29. The Morgan fingerprint density at radius 3 is 2.71 bits per heavy atom. The minimum Gasteiger partial charge on any atom is -0.508 e. The summed E-state index contributed by atoms with van der Waals surface area (Å²) in [6.07, 6.45) is 0.733. The van der Waals surface area contributed by atoms with E-state index in [1.807, 2.05) is 31.2 Å². The van der Waals surface area contributed by atoms with Gasteiger partial charge in [0.25, 0.3) is 0 Å². The average Bonchev–Trinajstić information content (AvgIpc) is 2.46. The number of aliphatic imine (C=N–C) groups is 2. The van der Waals surface area contributed by atoms with Crippen molar-refractivity contribution in [2.24, 2.45) is 9.98 Å². The molecule has 1 unspecified atom stereocenters. The maximum atomic E-state index is 9.64. The number of benzene rings is 2. The summed E-state index contributed by atoms with van der Waals surface area (Å²) >= 11 is 3.50. The van der Waals surface area contributed by atoms with E-state index < -0.39 is 0 Å². The lowest BCUT2D eigenvalue weighted by molar-refractivity contribution is 0.475. The Morgan fingerprint density at radius 1 is 1.14 bits per heavy atom. The van der Waals surface area contributed by atoms with E-state index in [2.05, 4.69) is 38.0 Å². The Morgan fingerprint density at radius 2 is 1.95 bits per heavy atom. The number of phenolic OH excluding ortho intramolecular Hbond substituents is 1. The average molecular weight is 343 g/mol. The first-order valence-electron chi connectivity index (χ1n) is 6.78. The van der Waals surface area contributed by atoms with Gasteiger partial charge in [-0.15, -0.1) is 0 Å². The largest absolute Gasteiger partial charge is 0.508 e. The molecule has 1 aliphatic rings. The van der Waals surface area contributed by atoms with Crippen molar-refractivity contribution in [1.82, 2.24) is 0 Å². The molecule has 0 radical (unpaired) electrons. The second kappa shape index (κ2) is 5.82. The Kier molecular flexibility index (Phi) is 3.88. The van der Waals surface area contributed by atoms with Crippen LogP contribution >= 0.6 is 15.9 Å². The molecule has 1 heterocycles. The van der Waals surface area contributed by atoms with Gasteiger partial charge in [0.05, 0.1) is 11.8 Å². The number of hydrogen-bond donors (Lipinski definition) is 1. The Hall–Kier alpha value is -1.94. The molecular weight excluding hydrogens is 328 g/mol. The number of hydrogen-bond acceptors (Lipinski definition) is 3. The molecule has 2 aromatic carbocycles. The molecule has 1 atom stereocenters. The van der Waals surface area contributed by atoms with Crippen molar-refractivity contribution in [3.63, 3.8) is 0 Å². The number of rotatable bonds is 2. The number of amidine groups is 1. The molecule has 3 rings (SSSR count). The van der Waals surface area contributed by atoms with Gasteiger partial charge < -0.3 is 5.11 Å². The topological polar surface area (TPSA) is 45.0 Å². The molecule has 0 aromatic heterocycles. The van der Waals surface area contributed by atoms with Crippen molar-refractivity contribution in [2.45, 2.75) is 19.4 Å². The smallest absolute Gasteiger partial charge is 0.121 e. The number of phenols is 1. The SMILES string of the molecule is CC1=NC(c2cccc(Br)c2)CC(c2cccc(O)c2)=N1. The highest BCUT2D eigenvalue weighted by molar-refractivity contribution is 9.10. The predicted octanol–water partition coefficient (Wildman–Crippen LogP) is 4.51. The van der Waals surface area contributed by atoms with Gasteiger partial charge in [-0.3, -0.25) is 4.99 Å². The molecular formula is C17H15BrN2O. The molecule has 0 saturated carbocycles. The van der Waals surface area contributed by atoms with E-state index in [4.69, 9.17) is 0 Å². The van der Waals surface area contributed by atoms with Gasteiger partial charge in [-0.2, -0.15) is 0 Å². The summed E-state index contributed by atoms with van der Waals surface area (Å²) in [4.78, 5) is 9.17. The number of aromatic hydroxyl groups is 1. The first-order chi connectivity index (χ1) is 10.1. The third-order valence-electron chi connectivity index (χ3n) is 3.44. The van der Waals surface area contributed by atoms with E-state index in [-0.39, 0.29) is 11.8 Å². The fourth-order valence-electron chi connectivity index (χ4n) is 2.50. The van der Waals surface area contributed by atoms with Gasteiger partial charge in [0.1, 0.15) is 11.6 Å². The van der Waals surface area contributed by atoms with Crippen LogP contribution in [0.5, 0.6) is 5.75 Å². The normalized spacial score (nSPS) is 18.1. The highest BCUT2D eigenvalue weighted by atomic mass is 79.9. The minimum atomic E-state index is 0.0670. The summed E-state index contributed by atoms with van der Waals surface area (Å²) in [7, 11) is 0. The van der Waals surface area contributed by atoms with Gasteiger partial charge in [0, 0.05) is 10.9 Å². The predicted molar refractivity (Wildman–Crippen MR) is 89.3 cm³/mol. The van der Waals surface area contributed by atoms with Crippen molar-refractivity contribution < 1.29 is 5.11 Å². The zero-order valence-electron chi connectivity index (χ0n) is 11.6. The molecule has 3 nitrogen and oxygen atoms in total. The molecule has 0 aliphatic carbocycles. The highest BCUT2D eigenvalue weighted by Gasteiger charge is 2.19. The van der Waals surface area contributed by atoms with Gasteiger partial charge in [0.15, 0.2) is 0 Å². The van der Waals surface area contributed by atoms with Crippen molar-refractivity contribution in [3.05, 3.63) is 64.1 Å². The van der Waals surface area contributed by atoms with Crippen LogP contribution < -0.4 is 0 Å². The lowest BCUT2D eigenvalue weighted by Gasteiger charge is -2.20. The molecule has 1 aliphatic heterocycles. The molecule has 21 heavy (non-hydrogen) atoms. The minimum absolute atomic E-state index is 0.0670. The first kappa shape index (κ1) is 14.0. The van der Waals surface area contributed by atoms with Crippen LogP contribution in [0.4, 0.5) is 0 Å². The molecule has 0 saturated heterocycles. The summed E-state index contributed by atoms with van der Waals surface area (Å²) in [5.41, 5.74) is 3.07. The fraction of sp³-hybridized carbons (Fsp3) is 0.176. The van der Waals surface area contributed by atoms with Gasteiger partial charge >= 0.3 is 0 Å². The Labute approximate surface area is 132 Å². The van der Waals surface area contributed by atoms with E-state index in [9.17, 15) is 5.11 Å². The van der Waals surface area contributed by atoms with Crippen molar-refractivity contribution in [2.75, 3.05) is 0 Å². The molecule has 0 bridgehead atoms. The summed E-state index contributed by atoms with van der Waals surface area (Å²) in [5, 5.41) is 9.64. The standard InChI is InChI=1S/C17H15BrN2O/c1-11-19-16(12-4-2-6-14(18)8-12)10-17(20-11)13-5-3-7-15(21)9-13/h2-9,16,21H,10H2,1H3. The molecule has 0 amide bonds. The summed E-state index contributed by atoms with van der Waals surface area (Å²) in [6, 6.07) is 15.5. The quantitative estimate of drug-likeness (QED) is 0.857. The van der Waals surface area contributed by atoms with Crippen LogP contribution in [-0.4, -0.2) is 16.7 Å². The second-order valence-corrected chi connectivity index (χ2v) is 5.98.